The normalized spacial score (nSPS) is 18.3. The van der Waals surface area contributed by atoms with E-state index in [4.69, 9.17) is 11.6 Å². The lowest BCUT2D eigenvalue weighted by atomic mass is 10.1. The topological polar surface area (TPSA) is 41.1 Å². The van der Waals surface area contributed by atoms with E-state index < -0.39 is 0 Å². The molecule has 1 atom stereocenters. The maximum absolute atomic E-state index is 6.00. The predicted octanol–water partition coefficient (Wildman–Crippen LogP) is 2.98. The van der Waals surface area contributed by atoms with Gasteiger partial charge in [0.05, 0.1) is 0 Å². The summed E-state index contributed by atoms with van der Waals surface area (Å²) in [5, 5.41) is 3.94. The van der Waals surface area contributed by atoms with E-state index >= 15 is 0 Å². The summed E-state index contributed by atoms with van der Waals surface area (Å²) in [6, 6.07) is 2.17. The van der Waals surface area contributed by atoms with E-state index in [0.717, 1.165) is 24.6 Å². The van der Waals surface area contributed by atoms with Crippen LogP contribution in [-0.2, 0) is 6.42 Å². The molecule has 0 aromatic carbocycles. The number of piperidine rings is 1. The van der Waals surface area contributed by atoms with Crippen LogP contribution < -0.4 is 5.32 Å². The molecular weight excluding hydrogens is 260 g/mol. The highest BCUT2D eigenvalue weighted by molar-refractivity contribution is 6.29. The first-order valence-electron chi connectivity index (χ1n) is 7.19. The molecule has 0 spiro atoms. The molecule has 0 amide bonds. The van der Waals surface area contributed by atoms with Crippen LogP contribution in [0.15, 0.2) is 6.07 Å². The molecule has 1 saturated heterocycles. The van der Waals surface area contributed by atoms with Gasteiger partial charge < -0.3 is 10.2 Å². The van der Waals surface area contributed by atoms with E-state index in [0.29, 0.717) is 11.2 Å². The molecule has 1 aromatic rings. The average Bonchev–Trinajstić information content (AvgIpc) is 2.38. The van der Waals surface area contributed by atoms with Crippen molar-refractivity contribution >= 4 is 17.4 Å². The Bertz CT molecular complexity index is 404. The number of hydrogen-bond acceptors (Lipinski definition) is 4. The van der Waals surface area contributed by atoms with Crippen molar-refractivity contribution in [2.45, 2.75) is 45.6 Å². The van der Waals surface area contributed by atoms with Crippen LogP contribution in [-0.4, -0.2) is 40.5 Å². The van der Waals surface area contributed by atoms with E-state index in [1.165, 1.54) is 32.4 Å². The second kappa shape index (κ2) is 7.06. The highest BCUT2D eigenvalue weighted by atomic mass is 35.5. The van der Waals surface area contributed by atoms with Crippen molar-refractivity contribution in [2.24, 2.45) is 0 Å². The second-order valence-corrected chi connectivity index (χ2v) is 5.64. The van der Waals surface area contributed by atoms with Gasteiger partial charge in [0.25, 0.3) is 0 Å². The summed E-state index contributed by atoms with van der Waals surface area (Å²) in [6.07, 6.45) is 4.83. The third kappa shape index (κ3) is 4.62. The molecule has 0 aliphatic carbocycles. The zero-order valence-electron chi connectivity index (χ0n) is 11.8. The summed E-state index contributed by atoms with van der Waals surface area (Å²) in [7, 11) is 0. The van der Waals surface area contributed by atoms with Crippen LogP contribution in [0.2, 0.25) is 5.15 Å². The highest BCUT2D eigenvalue weighted by Crippen LogP contribution is 2.14. The molecule has 0 radical (unpaired) electrons. The largest absolute Gasteiger partial charge is 0.366 e. The molecule has 1 aliphatic heterocycles. The van der Waals surface area contributed by atoms with Crippen LogP contribution in [0.1, 0.15) is 38.9 Å². The summed E-state index contributed by atoms with van der Waals surface area (Å²) in [5.41, 5.74) is 0. The first-order chi connectivity index (χ1) is 9.17. The van der Waals surface area contributed by atoms with Crippen LogP contribution in [0.25, 0.3) is 0 Å². The first kappa shape index (κ1) is 14.5. The Kier molecular flexibility index (Phi) is 5.40. The van der Waals surface area contributed by atoms with E-state index in [2.05, 4.69) is 27.1 Å². The van der Waals surface area contributed by atoms with Crippen molar-refractivity contribution in [1.29, 1.82) is 0 Å². The maximum atomic E-state index is 6.00. The zero-order valence-corrected chi connectivity index (χ0v) is 12.6. The minimum atomic E-state index is 0.369. The Balaban J connectivity index is 1.90. The van der Waals surface area contributed by atoms with Gasteiger partial charge in [-0.25, -0.2) is 9.97 Å². The molecule has 1 fully saturated rings. The second-order valence-electron chi connectivity index (χ2n) is 5.25. The van der Waals surface area contributed by atoms with Gasteiger partial charge in [0.2, 0.25) is 0 Å². The van der Waals surface area contributed by atoms with Gasteiger partial charge in [-0.1, -0.05) is 24.9 Å². The van der Waals surface area contributed by atoms with Crippen LogP contribution in [0.5, 0.6) is 0 Å². The van der Waals surface area contributed by atoms with E-state index in [9.17, 15) is 0 Å². The first-order valence-corrected chi connectivity index (χ1v) is 7.57. The molecule has 5 heteroatoms. The standard InChI is InChI=1S/C14H23ClN4/c1-3-13-17-12(15)9-14(18-13)16-11(2)10-19-7-5-4-6-8-19/h9,11H,3-8,10H2,1-2H3,(H,16,17,18). The molecule has 0 bridgehead atoms. The minimum Gasteiger partial charge on any atom is -0.366 e. The molecule has 1 unspecified atom stereocenters. The van der Waals surface area contributed by atoms with Crippen molar-refractivity contribution in [3.63, 3.8) is 0 Å². The Morgan fingerprint density at radius 2 is 2.05 bits per heavy atom. The Hall–Kier alpha value is -0.870. The Morgan fingerprint density at radius 3 is 2.74 bits per heavy atom. The third-order valence-electron chi connectivity index (χ3n) is 3.43. The van der Waals surface area contributed by atoms with Crippen molar-refractivity contribution in [1.82, 2.24) is 14.9 Å². The summed E-state index contributed by atoms with van der Waals surface area (Å²) in [4.78, 5) is 11.2. The Morgan fingerprint density at radius 1 is 1.32 bits per heavy atom. The van der Waals surface area contributed by atoms with Crippen molar-refractivity contribution in [3.05, 3.63) is 17.0 Å². The number of likely N-dealkylation sites (tertiary alicyclic amines) is 1. The molecular formula is C14H23ClN4. The molecule has 4 nitrogen and oxygen atoms in total. The Labute approximate surface area is 120 Å². The van der Waals surface area contributed by atoms with Crippen molar-refractivity contribution in [2.75, 3.05) is 25.0 Å². The number of aryl methyl sites for hydroxylation is 1. The zero-order chi connectivity index (χ0) is 13.7. The van der Waals surface area contributed by atoms with Crippen LogP contribution in [0.3, 0.4) is 0 Å². The third-order valence-corrected chi connectivity index (χ3v) is 3.63. The van der Waals surface area contributed by atoms with E-state index in [-0.39, 0.29) is 0 Å². The number of aromatic nitrogens is 2. The molecule has 1 aliphatic rings. The van der Waals surface area contributed by atoms with Gasteiger partial charge in [-0.15, -0.1) is 0 Å². The molecule has 106 valence electrons. The number of hydrogen-bond donors (Lipinski definition) is 1. The lowest BCUT2D eigenvalue weighted by molar-refractivity contribution is 0.223. The van der Waals surface area contributed by atoms with Gasteiger partial charge in [0.15, 0.2) is 0 Å². The lowest BCUT2D eigenvalue weighted by Crippen LogP contribution is -2.38. The smallest absolute Gasteiger partial charge is 0.134 e. The van der Waals surface area contributed by atoms with Crippen LogP contribution in [0.4, 0.5) is 5.82 Å². The molecule has 2 rings (SSSR count). The van der Waals surface area contributed by atoms with E-state index in [1.807, 2.05) is 6.92 Å². The van der Waals surface area contributed by atoms with Crippen LogP contribution >= 0.6 is 11.6 Å². The van der Waals surface area contributed by atoms with Crippen LogP contribution in [0, 0.1) is 0 Å². The average molecular weight is 283 g/mol. The number of halogens is 1. The summed E-state index contributed by atoms with van der Waals surface area (Å²) in [6.45, 7) is 7.72. The molecule has 19 heavy (non-hydrogen) atoms. The van der Waals surface area contributed by atoms with Gasteiger partial charge in [0.1, 0.15) is 16.8 Å². The SMILES string of the molecule is CCc1nc(Cl)cc(NC(C)CN2CCCCC2)n1. The maximum Gasteiger partial charge on any atom is 0.134 e. The minimum absolute atomic E-state index is 0.369. The fourth-order valence-electron chi connectivity index (χ4n) is 2.52. The summed E-state index contributed by atoms with van der Waals surface area (Å²) in [5.74, 6) is 1.63. The molecule has 2 heterocycles. The fourth-order valence-corrected chi connectivity index (χ4v) is 2.73. The molecule has 1 N–H and O–H groups in total. The number of anilines is 1. The predicted molar refractivity (Wildman–Crippen MR) is 79.8 cm³/mol. The fraction of sp³-hybridized carbons (Fsp3) is 0.714. The van der Waals surface area contributed by atoms with Crippen molar-refractivity contribution < 1.29 is 0 Å². The van der Waals surface area contributed by atoms with Gasteiger partial charge in [-0.3, -0.25) is 0 Å². The number of nitrogens with zero attached hydrogens (tertiary/aromatic N) is 3. The summed E-state index contributed by atoms with van der Waals surface area (Å²) < 4.78 is 0. The quantitative estimate of drug-likeness (QED) is 0.843. The highest BCUT2D eigenvalue weighted by Gasteiger charge is 2.14. The number of rotatable bonds is 5. The van der Waals surface area contributed by atoms with Gasteiger partial charge >= 0.3 is 0 Å². The number of nitrogens with one attached hydrogen (secondary N) is 1. The van der Waals surface area contributed by atoms with Gasteiger partial charge in [-0.05, 0) is 32.9 Å². The van der Waals surface area contributed by atoms with Gasteiger partial charge in [-0.2, -0.15) is 0 Å². The summed E-state index contributed by atoms with van der Waals surface area (Å²) >= 11 is 6.00. The van der Waals surface area contributed by atoms with Crippen molar-refractivity contribution in [3.8, 4) is 0 Å². The lowest BCUT2D eigenvalue weighted by Gasteiger charge is -2.29. The monoisotopic (exact) mass is 282 g/mol. The van der Waals surface area contributed by atoms with E-state index in [1.54, 1.807) is 6.07 Å². The van der Waals surface area contributed by atoms with Gasteiger partial charge in [0, 0.05) is 25.1 Å². The molecule has 0 saturated carbocycles. The molecule has 1 aromatic heterocycles.